The van der Waals surface area contributed by atoms with Crippen LogP contribution < -0.4 is 5.32 Å². The van der Waals surface area contributed by atoms with Crippen LogP contribution in [0.3, 0.4) is 0 Å². The van der Waals surface area contributed by atoms with E-state index in [1.807, 2.05) is 37.3 Å². The largest absolute Gasteiger partial charge is 0.465 e. The van der Waals surface area contributed by atoms with Gasteiger partial charge in [-0.15, -0.1) is 0 Å². The van der Waals surface area contributed by atoms with Crippen molar-refractivity contribution < 1.29 is 24.5 Å². The normalized spacial score (nSPS) is 23.4. The number of aliphatic hydroxyl groups is 2. The molecule has 6 heteroatoms. The highest BCUT2D eigenvalue weighted by atomic mass is 16.5. The molecule has 1 aliphatic rings. The van der Waals surface area contributed by atoms with E-state index in [1.165, 1.54) is 12.5 Å². The van der Waals surface area contributed by atoms with Crippen molar-refractivity contribution in [1.29, 1.82) is 0 Å². The minimum Gasteiger partial charge on any atom is -0.465 e. The van der Waals surface area contributed by atoms with Crippen LogP contribution in [0, 0.1) is 17.8 Å². The monoisotopic (exact) mass is 471 g/mol. The van der Waals surface area contributed by atoms with Gasteiger partial charge in [-0.25, -0.2) is 0 Å². The minimum absolute atomic E-state index is 0.0412. The van der Waals surface area contributed by atoms with Gasteiger partial charge in [-0.05, 0) is 50.5 Å². The lowest BCUT2D eigenvalue weighted by molar-refractivity contribution is -0.141. The summed E-state index contributed by atoms with van der Waals surface area (Å²) in [7, 11) is 0. The van der Waals surface area contributed by atoms with Gasteiger partial charge in [0.25, 0.3) is 0 Å². The van der Waals surface area contributed by atoms with E-state index >= 15 is 0 Å². The molecule has 34 heavy (non-hydrogen) atoms. The predicted molar refractivity (Wildman–Crippen MR) is 134 cm³/mol. The van der Waals surface area contributed by atoms with Crippen molar-refractivity contribution in [2.75, 3.05) is 13.2 Å². The third kappa shape index (κ3) is 10.2. The van der Waals surface area contributed by atoms with Gasteiger partial charge in [-0.3, -0.25) is 9.59 Å². The van der Waals surface area contributed by atoms with Crippen LogP contribution in [-0.4, -0.2) is 47.4 Å². The second kappa shape index (κ2) is 15.5. The Labute approximate surface area is 204 Å². The van der Waals surface area contributed by atoms with E-state index in [9.17, 15) is 19.8 Å². The molecule has 2 rings (SSSR count). The molecule has 1 saturated carbocycles. The molecular weight excluding hydrogens is 430 g/mol. The van der Waals surface area contributed by atoms with Crippen LogP contribution in [0.4, 0.5) is 0 Å². The lowest BCUT2D eigenvalue weighted by Crippen LogP contribution is -2.21. The quantitative estimate of drug-likeness (QED) is 0.217. The van der Waals surface area contributed by atoms with Gasteiger partial charge in [-0.1, -0.05) is 54.6 Å². The average Bonchev–Trinajstić information content (AvgIpc) is 3.08. The molecule has 0 radical (unpaired) electrons. The number of benzene rings is 1. The second-order valence-electron chi connectivity index (χ2n) is 9.14. The zero-order valence-corrected chi connectivity index (χ0v) is 20.6. The van der Waals surface area contributed by atoms with Gasteiger partial charge in [0.05, 0.1) is 18.8 Å². The lowest BCUT2D eigenvalue weighted by Gasteiger charge is -2.20. The molecule has 0 bridgehead atoms. The Hall–Kier alpha value is -2.44. The molecule has 3 N–H and O–H groups in total. The molecule has 1 aromatic rings. The molecule has 5 atom stereocenters. The maximum Gasteiger partial charge on any atom is 0.302 e. The molecule has 0 aliphatic heterocycles. The van der Waals surface area contributed by atoms with Crippen molar-refractivity contribution >= 4 is 11.9 Å². The summed E-state index contributed by atoms with van der Waals surface area (Å²) >= 11 is 0. The van der Waals surface area contributed by atoms with Crippen molar-refractivity contribution in [3.05, 3.63) is 60.2 Å². The molecule has 0 aromatic heterocycles. The Balaban J connectivity index is 1.92. The molecular formula is C28H41NO5. The number of aliphatic hydroxyl groups excluding tert-OH is 2. The summed E-state index contributed by atoms with van der Waals surface area (Å²) in [4.78, 5) is 22.9. The van der Waals surface area contributed by atoms with Gasteiger partial charge in [-0.2, -0.15) is 0 Å². The maximum absolute atomic E-state index is 11.5. The third-order valence-electron chi connectivity index (χ3n) is 6.39. The zero-order chi connectivity index (χ0) is 24.8. The number of esters is 1. The Kier molecular flexibility index (Phi) is 12.6. The number of aryl methyl sites for hydroxylation is 1. The number of unbranched alkanes of at least 4 members (excludes halogenated alkanes) is 1. The molecule has 0 saturated heterocycles. The van der Waals surface area contributed by atoms with Crippen LogP contribution in [0.5, 0.6) is 0 Å². The lowest BCUT2D eigenvalue weighted by atomic mass is 9.88. The molecule has 0 heterocycles. The summed E-state index contributed by atoms with van der Waals surface area (Å²) in [6, 6.07) is 10.2. The molecule has 6 nitrogen and oxygen atoms in total. The van der Waals surface area contributed by atoms with E-state index in [1.54, 1.807) is 0 Å². The molecule has 1 aliphatic carbocycles. The number of ether oxygens (including phenoxy) is 1. The van der Waals surface area contributed by atoms with Crippen LogP contribution in [0.2, 0.25) is 0 Å². The zero-order valence-electron chi connectivity index (χ0n) is 20.6. The summed E-state index contributed by atoms with van der Waals surface area (Å²) in [5, 5.41) is 23.9. The van der Waals surface area contributed by atoms with E-state index in [0.29, 0.717) is 32.4 Å². The van der Waals surface area contributed by atoms with Crippen LogP contribution in [0.1, 0.15) is 57.9 Å². The van der Waals surface area contributed by atoms with Gasteiger partial charge < -0.3 is 20.3 Å². The first kappa shape index (κ1) is 27.8. The topological polar surface area (TPSA) is 95.9 Å². The number of hydrogen-bond donors (Lipinski definition) is 3. The number of hydrogen-bond acceptors (Lipinski definition) is 5. The van der Waals surface area contributed by atoms with Crippen molar-refractivity contribution in [1.82, 2.24) is 5.32 Å². The predicted octanol–water partition coefficient (Wildman–Crippen LogP) is 3.97. The first-order valence-electron chi connectivity index (χ1n) is 12.5. The highest BCUT2D eigenvalue weighted by Crippen LogP contribution is 2.36. The van der Waals surface area contributed by atoms with E-state index in [-0.39, 0.29) is 29.6 Å². The fourth-order valence-electron chi connectivity index (χ4n) is 4.49. The Morgan fingerprint density at radius 3 is 2.65 bits per heavy atom. The van der Waals surface area contributed by atoms with E-state index in [4.69, 9.17) is 4.74 Å². The molecule has 1 amide bonds. The number of nitrogens with one attached hydrogen (secondary N) is 1. The number of amides is 1. The van der Waals surface area contributed by atoms with Crippen LogP contribution in [-0.2, 0) is 20.7 Å². The molecule has 5 unspecified atom stereocenters. The number of allylic oxidation sites excluding steroid dienone is 2. The van der Waals surface area contributed by atoms with Gasteiger partial charge in [0.2, 0.25) is 5.91 Å². The van der Waals surface area contributed by atoms with E-state index in [0.717, 1.165) is 25.7 Å². The van der Waals surface area contributed by atoms with Gasteiger partial charge in [0, 0.05) is 38.1 Å². The summed E-state index contributed by atoms with van der Waals surface area (Å²) in [6.45, 7) is 4.28. The summed E-state index contributed by atoms with van der Waals surface area (Å²) < 4.78 is 5.28. The highest BCUT2D eigenvalue weighted by molar-refractivity contribution is 5.75. The highest BCUT2D eigenvalue weighted by Gasteiger charge is 2.39. The van der Waals surface area contributed by atoms with Crippen molar-refractivity contribution in [2.24, 2.45) is 17.8 Å². The standard InChI is InChI=1S/C28H41NO5/c1-3-29-28(33)14-10-5-4-9-13-24-25(27(32)19-26(24)31)18-17-23(20-34-21(2)30)16-15-22-11-7-6-8-12-22/h4,6-9,11-12,17-18,23-27,31-32H,3,5,10,13-16,19-20H2,1-2H3,(H,29,33). The first-order valence-corrected chi connectivity index (χ1v) is 12.5. The average molecular weight is 472 g/mol. The third-order valence-corrected chi connectivity index (χ3v) is 6.39. The van der Waals surface area contributed by atoms with Crippen LogP contribution in [0.15, 0.2) is 54.6 Å². The van der Waals surface area contributed by atoms with Gasteiger partial charge in [0.15, 0.2) is 0 Å². The first-order chi connectivity index (χ1) is 16.4. The van der Waals surface area contributed by atoms with Gasteiger partial charge >= 0.3 is 5.97 Å². The molecule has 0 spiro atoms. The van der Waals surface area contributed by atoms with E-state index < -0.39 is 12.2 Å². The Bertz CT molecular complexity index is 791. The summed E-state index contributed by atoms with van der Waals surface area (Å²) in [5.74, 6) is -0.393. The SMILES string of the molecule is CCNC(=O)CCCC=CCC1C(O)CC(O)C1C=CC(CCc1ccccc1)COC(C)=O. The molecule has 1 aromatic carbocycles. The Morgan fingerprint density at radius 1 is 1.18 bits per heavy atom. The van der Waals surface area contributed by atoms with Crippen molar-refractivity contribution in [3.63, 3.8) is 0 Å². The Morgan fingerprint density at radius 2 is 1.94 bits per heavy atom. The molecule has 188 valence electrons. The fraction of sp³-hybridized carbons (Fsp3) is 0.571. The van der Waals surface area contributed by atoms with Crippen LogP contribution >= 0.6 is 0 Å². The minimum atomic E-state index is -0.592. The number of carbonyl (C=O) groups excluding carboxylic acids is 2. The summed E-state index contributed by atoms with van der Waals surface area (Å²) in [6.07, 6.45) is 11.9. The molecule has 1 fully saturated rings. The second-order valence-corrected chi connectivity index (χ2v) is 9.14. The van der Waals surface area contributed by atoms with Crippen molar-refractivity contribution in [2.45, 2.75) is 71.0 Å². The fourth-order valence-corrected chi connectivity index (χ4v) is 4.49. The summed E-state index contributed by atoms with van der Waals surface area (Å²) in [5.41, 5.74) is 1.23. The van der Waals surface area contributed by atoms with Gasteiger partial charge in [0.1, 0.15) is 0 Å². The maximum atomic E-state index is 11.5. The number of carbonyl (C=O) groups is 2. The van der Waals surface area contributed by atoms with Crippen molar-refractivity contribution in [3.8, 4) is 0 Å². The van der Waals surface area contributed by atoms with Crippen LogP contribution in [0.25, 0.3) is 0 Å². The number of rotatable bonds is 14. The smallest absolute Gasteiger partial charge is 0.302 e. The van der Waals surface area contributed by atoms with E-state index in [2.05, 4.69) is 29.6 Å².